The topological polar surface area (TPSA) is 183 Å². The minimum atomic E-state index is -1.57. The molecule has 0 aliphatic carbocycles. The molecular formula is C20H18ClN3O9S. The number of hydrogen-bond acceptors (Lipinski definition) is 10. The molecule has 0 bridgehead atoms. The van der Waals surface area contributed by atoms with E-state index in [9.17, 15) is 39.4 Å². The van der Waals surface area contributed by atoms with E-state index in [1.54, 1.807) is 18.2 Å². The number of nitroso groups, excluding NO2 is 1. The van der Waals surface area contributed by atoms with Crippen LogP contribution < -0.4 is 5.32 Å². The number of aliphatic hydroxyl groups excluding tert-OH is 2. The van der Waals surface area contributed by atoms with Gasteiger partial charge in [0.15, 0.2) is 6.10 Å². The van der Waals surface area contributed by atoms with E-state index in [0.717, 1.165) is 16.7 Å². The molecule has 1 aromatic carbocycles. The molecule has 3 atom stereocenters. The van der Waals surface area contributed by atoms with Gasteiger partial charge in [-0.05, 0) is 10.7 Å². The summed E-state index contributed by atoms with van der Waals surface area (Å²) < 4.78 is 5.07. The van der Waals surface area contributed by atoms with Gasteiger partial charge in [-0.25, -0.2) is 9.59 Å². The van der Waals surface area contributed by atoms with Crippen molar-refractivity contribution in [1.82, 2.24) is 10.2 Å². The molecule has 180 valence electrons. The molecular weight excluding hydrogens is 494 g/mol. The third-order valence-electron chi connectivity index (χ3n) is 4.97. The number of nitrogens with zero attached hydrogens (tertiary/aromatic N) is 2. The van der Waals surface area contributed by atoms with Crippen molar-refractivity contribution < 1.29 is 39.2 Å². The Morgan fingerprint density at radius 3 is 2.53 bits per heavy atom. The van der Waals surface area contributed by atoms with E-state index >= 15 is 0 Å². The number of carbonyl (C=O) groups is 4. The molecule has 12 nitrogen and oxygen atoms in total. The first-order valence-corrected chi connectivity index (χ1v) is 11.2. The standard InChI is InChI=1S/C20H18ClN3O9S/c21-6-11(25)12(23-32)16(27)22-13-17(28)24-14(19(29)30)10(8-34-18(13)24)7-33-20(31)15(26)9-4-2-1-3-5-9/h1-5,13,15,18,25-26H,6-8H2,(H,22,27)(H,29,30)/t13?,15?,18-/m1/s1. The van der Waals surface area contributed by atoms with Crippen LogP contribution in [-0.4, -0.2) is 73.6 Å². The fourth-order valence-corrected chi connectivity index (χ4v) is 4.75. The summed E-state index contributed by atoms with van der Waals surface area (Å²) in [6.07, 6.45) is -1.57. The lowest BCUT2D eigenvalue weighted by molar-refractivity contribution is -0.153. The van der Waals surface area contributed by atoms with Crippen LogP contribution in [0.1, 0.15) is 11.7 Å². The molecule has 2 amide bonds. The number of ether oxygens (including phenoxy) is 1. The van der Waals surface area contributed by atoms with Crippen molar-refractivity contribution in [2.75, 3.05) is 18.2 Å². The number of rotatable bonds is 9. The second-order valence-electron chi connectivity index (χ2n) is 7.06. The van der Waals surface area contributed by atoms with E-state index in [4.69, 9.17) is 16.3 Å². The van der Waals surface area contributed by atoms with Crippen LogP contribution in [-0.2, 0) is 23.9 Å². The van der Waals surface area contributed by atoms with Crippen molar-refractivity contribution in [3.05, 3.63) is 63.5 Å². The van der Waals surface area contributed by atoms with Crippen LogP contribution in [0.4, 0.5) is 0 Å². The molecule has 14 heteroatoms. The third kappa shape index (κ3) is 4.90. The Hall–Kier alpha value is -3.42. The molecule has 0 spiro atoms. The fourth-order valence-electron chi connectivity index (χ4n) is 3.30. The van der Waals surface area contributed by atoms with Gasteiger partial charge in [-0.3, -0.25) is 14.5 Å². The van der Waals surface area contributed by atoms with Crippen LogP contribution >= 0.6 is 23.4 Å². The lowest BCUT2D eigenvalue weighted by Gasteiger charge is -2.49. The van der Waals surface area contributed by atoms with Crippen molar-refractivity contribution in [1.29, 1.82) is 0 Å². The van der Waals surface area contributed by atoms with Gasteiger partial charge >= 0.3 is 11.9 Å². The Bertz CT molecular complexity index is 1090. The largest absolute Gasteiger partial charge is 0.508 e. The molecule has 0 radical (unpaired) electrons. The van der Waals surface area contributed by atoms with Gasteiger partial charge in [0.2, 0.25) is 5.70 Å². The molecule has 2 unspecified atom stereocenters. The highest BCUT2D eigenvalue weighted by molar-refractivity contribution is 8.00. The summed E-state index contributed by atoms with van der Waals surface area (Å²) in [6, 6.07) is 6.82. The van der Waals surface area contributed by atoms with E-state index in [1.165, 1.54) is 12.1 Å². The number of thioether (sulfide) groups is 1. The molecule has 1 saturated heterocycles. The zero-order valence-electron chi connectivity index (χ0n) is 17.2. The van der Waals surface area contributed by atoms with Gasteiger partial charge in [-0.15, -0.1) is 28.3 Å². The number of β-lactam (4-membered cyclic amide) rings is 1. The molecule has 1 fully saturated rings. The first kappa shape index (κ1) is 25.2. The van der Waals surface area contributed by atoms with Crippen molar-refractivity contribution >= 4 is 47.1 Å². The number of aliphatic carboxylic acids is 1. The Kier molecular flexibility index (Phi) is 7.91. The number of alkyl halides is 1. The van der Waals surface area contributed by atoms with Crippen molar-refractivity contribution in [2.24, 2.45) is 5.18 Å². The summed E-state index contributed by atoms with van der Waals surface area (Å²) in [5, 5.41) is 33.1. The summed E-state index contributed by atoms with van der Waals surface area (Å²) >= 11 is 6.47. The van der Waals surface area contributed by atoms with Crippen molar-refractivity contribution in [3.8, 4) is 0 Å². The van der Waals surface area contributed by atoms with Crippen LogP contribution in [0.15, 0.2) is 58.2 Å². The van der Waals surface area contributed by atoms with E-state index < -0.39 is 70.9 Å². The number of benzene rings is 1. The van der Waals surface area contributed by atoms with E-state index in [-0.39, 0.29) is 11.3 Å². The summed E-state index contributed by atoms with van der Waals surface area (Å²) in [6.45, 7) is -0.476. The molecule has 2 aliphatic rings. The summed E-state index contributed by atoms with van der Waals surface area (Å²) in [7, 11) is 0. The molecule has 34 heavy (non-hydrogen) atoms. The van der Waals surface area contributed by atoms with E-state index in [2.05, 4.69) is 10.5 Å². The minimum Gasteiger partial charge on any atom is -0.508 e. The first-order valence-electron chi connectivity index (χ1n) is 9.63. The smallest absolute Gasteiger partial charge is 0.352 e. The Balaban J connectivity index is 1.71. The van der Waals surface area contributed by atoms with Gasteiger partial charge < -0.3 is 25.4 Å². The molecule has 2 heterocycles. The number of allylic oxidation sites excluding steroid dienone is 1. The van der Waals surface area contributed by atoms with Crippen molar-refractivity contribution in [3.63, 3.8) is 0 Å². The van der Waals surface area contributed by atoms with Crippen molar-refractivity contribution in [2.45, 2.75) is 17.5 Å². The number of aliphatic hydroxyl groups is 2. The zero-order valence-corrected chi connectivity index (χ0v) is 18.8. The lowest BCUT2D eigenvalue weighted by Crippen LogP contribution is -2.70. The Labute approximate surface area is 201 Å². The molecule has 1 aromatic rings. The SMILES string of the molecule is O=NC(C(=O)NC1C(=O)N2C(C(=O)O)=C(COC(=O)C(O)c3ccccc3)CS[C@H]12)=C(O)CCl. The third-order valence-corrected chi connectivity index (χ3v) is 6.56. The van der Waals surface area contributed by atoms with Gasteiger partial charge in [0, 0.05) is 11.3 Å². The van der Waals surface area contributed by atoms with Crippen LogP contribution in [0.5, 0.6) is 0 Å². The predicted octanol–water partition coefficient (Wildman–Crippen LogP) is 0.777. The highest BCUT2D eigenvalue weighted by Crippen LogP contribution is 2.40. The molecule has 3 rings (SSSR count). The van der Waals surface area contributed by atoms with Gasteiger partial charge in [-0.2, -0.15) is 0 Å². The predicted molar refractivity (Wildman–Crippen MR) is 118 cm³/mol. The van der Waals surface area contributed by atoms with Crippen LogP contribution in [0, 0.1) is 4.91 Å². The Morgan fingerprint density at radius 1 is 1.26 bits per heavy atom. The van der Waals surface area contributed by atoms with Gasteiger partial charge in [0.05, 0.1) is 5.88 Å². The second-order valence-corrected chi connectivity index (χ2v) is 8.43. The first-order chi connectivity index (χ1) is 16.2. The second kappa shape index (κ2) is 10.7. The minimum absolute atomic E-state index is 0.0404. The highest BCUT2D eigenvalue weighted by Gasteiger charge is 2.54. The normalized spacial score (nSPS) is 21.0. The summed E-state index contributed by atoms with van der Waals surface area (Å²) in [5.41, 5.74) is -0.877. The summed E-state index contributed by atoms with van der Waals surface area (Å²) in [4.78, 5) is 60.6. The average Bonchev–Trinajstić information content (AvgIpc) is 2.85. The van der Waals surface area contributed by atoms with Gasteiger partial charge in [0.1, 0.15) is 29.5 Å². The molecule has 0 saturated carbocycles. The number of hydrogen-bond donors (Lipinski definition) is 4. The maximum atomic E-state index is 12.6. The van der Waals surface area contributed by atoms with Crippen LogP contribution in [0.2, 0.25) is 0 Å². The monoisotopic (exact) mass is 511 g/mol. The number of carbonyl (C=O) groups excluding carboxylic acids is 3. The van der Waals surface area contributed by atoms with Crippen LogP contribution in [0.25, 0.3) is 0 Å². The van der Waals surface area contributed by atoms with Gasteiger partial charge in [0.25, 0.3) is 11.8 Å². The lowest BCUT2D eigenvalue weighted by atomic mass is 10.0. The molecule has 4 N–H and O–H groups in total. The number of halogens is 1. The maximum absolute atomic E-state index is 12.6. The Morgan fingerprint density at radius 2 is 1.94 bits per heavy atom. The highest BCUT2D eigenvalue weighted by atomic mass is 35.5. The quantitative estimate of drug-likeness (QED) is 0.0922. The fraction of sp³-hybridized carbons (Fsp3) is 0.300. The average molecular weight is 512 g/mol. The van der Waals surface area contributed by atoms with Gasteiger partial charge in [-0.1, -0.05) is 30.3 Å². The molecule has 0 aromatic heterocycles. The van der Waals surface area contributed by atoms with E-state index in [0.29, 0.717) is 5.56 Å². The maximum Gasteiger partial charge on any atom is 0.352 e. The number of amides is 2. The number of fused-ring (bicyclic) bond motifs is 1. The number of carboxylic acid groups (broad SMARTS) is 1. The molecule has 2 aliphatic heterocycles. The number of carboxylic acids is 1. The zero-order chi connectivity index (χ0) is 25.0. The summed E-state index contributed by atoms with van der Waals surface area (Å²) in [5.74, 6) is -5.65. The number of esters is 1. The number of nitrogens with one attached hydrogen (secondary N) is 1. The van der Waals surface area contributed by atoms with E-state index in [1.807, 2.05) is 0 Å². The van der Waals surface area contributed by atoms with Crippen LogP contribution in [0.3, 0.4) is 0 Å².